The minimum Gasteiger partial charge on any atom is -0.382 e. The lowest BCUT2D eigenvalue weighted by atomic mass is 9.98. The number of rotatable bonds is 6. The van der Waals surface area contributed by atoms with Gasteiger partial charge in [-0.3, -0.25) is 9.59 Å². The Hall–Kier alpha value is -3.14. The van der Waals surface area contributed by atoms with Crippen LogP contribution in [0.15, 0.2) is 36.7 Å². The number of aliphatic hydroxyl groups excluding tert-OH is 1. The van der Waals surface area contributed by atoms with E-state index in [-0.39, 0.29) is 12.1 Å². The van der Waals surface area contributed by atoms with Gasteiger partial charge in [-0.05, 0) is 18.1 Å². The molecule has 0 fully saturated rings. The molecule has 160 valence electrons. The fourth-order valence-electron chi connectivity index (χ4n) is 3.35. The van der Waals surface area contributed by atoms with E-state index in [2.05, 4.69) is 10.3 Å². The van der Waals surface area contributed by atoms with Crippen molar-refractivity contribution in [2.24, 2.45) is 11.7 Å². The highest BCUT2D eigenvalue weighted by molar-refractivity contribution is 6.09. The maximum absolute atomic E-state index is 12.9. The molecule has 2 unspecified atom stereocenters. The second-order valence-electron chi connectivity index (χ2n) is 7.42. The van der Waals surface area contributed by atoms with Crippen LogP contribution in [0.1, 0.15) is 24.2 Å². The average Bonchev–Trinajstić information content (AvgIpc) is 3.02. The van der Waals surface area contributed by atoms with Crippen LogP contribution >= 0.6 is 0 Å². The molecule has 0 aromatic heterocycles. The number of fused-ring (bicyclic) bond motifs is 3. The Morgan fingerprint density at radius 1 is 1.27 bits per heavy atom. The number of benzene rings is 1. The molecule has 2 aliphatic rings. The Labute approximate surface area is 170 Å². The van der Waals surface area contributed by atoms with Gasteiger partial charge in [0.15, 0.2) is 6.10 Å². The van der Waals surface area contributed by atoms with E-state index < -0.39 is 36.1 Å². The van der Waals surface area contributed by atoms with Crippen LogP contribution < -0.4 is 11.1 Å². The molecular weight excluding hydrogens is 401 g/mol. The molecule has 4 N–H and O–H groups in total. The third-order valence-electron chi connectivity index (χ3n) is 4.87. The van der Waals surface area contributed by atoms with Crippen LogP contribution in [0.4, 0.5) is 13.2 Å². The standard InChI is InChI=1S/C20H21F3N4O3/c1-10(2)16(18(29)20(21,22)23)26-15(28)9-27-7-6-11-12-4-3-5-13(19(24)30)17(12)25-14(11)8-27/h3-8,10,16,18,29H,9H2,1-2H3,(H2,24,30)(H,26,28). The summed E-state index contributed by atoms with van der Waals surface area (Å²) in [7, 11) is 0. The summed E-state index contributed by atoms with van der Waals surface area (Å²) in [6.07, 6.45) is -4.36. The molecule has 0 aliphatic carbocycles. The zero-order valence-corrected chi connectivity index (χ0v) is 16.3. The third kappa shape index (κ3) is 4.23. The molecule has 7 nitrogen and oxygen atoms in total. The Morgan fingerprint density at radius 3 is 2.57 bits per heavy atom. The molecule has 2 atom stereocenters. The van der Waals surface area contributed by atoms with E-state index in [1.54, 1.807) is 36.7 Å². The summed E-state index contributed by atoms with van der Waals surface area (Å²) in [4.78, 5) is 28.3. The molecule has 3 rings (SSSR count). The number of halogens is 3. The van der Waals surface area contributed by atoms with E-state index in [9.17, 15) is 27.9 Å². The first kappa shape index (κ1) is 21.6. The number of aromatic nitrogens is 2. The molecule has 2 heterocycles. The predicted octanol–water partition coefficient (Wildman–Crippen LogP) is 2.30. The maximum atomic E-state index is 12.9. The van der Waals surface area contributed by atoms with Gasteiger partial charge in [0.1, 0.15) is 6.54 Å². The molecule has 0 spiro atoms. The van der Waals surface area contributed by atoms with Crippen molar-refractivity contribution in [2.45, 2.75) is 38.7 Å². The maximum Gasteiger partial charge on any atom is 0.416 e. The highest BCUT2D eigenvalue weighted by Crippen LogP contribution is 2.32. The largest absolute Gasteiger partial charge is 0.416 e. The predicted molar refractivity (Wildman–Crippen MR) is 104 cm³/mol. The summed E-state index contributed by atoms with van der Waals surface area (Å²) in [6, 6.07) is 5.28. The summed E-state index contributed by atoms with van der Waals surface area (Å²) in [5, 5.41) is 12.5. The zero-order chi connectivity index (χ0) is 22.2. The molecule has 0 saturated heterocycles. The Morgan fingerprint density at radius 2 is 1.97 bits per heavy atom. The van der Waals surface area contributed by atoms with E-state index in [0.29, 0.717) is 11.2 Å². The molecular formula is C20H21F3N4O3. The van der Waals surface area contributed by atoms with E-state index in [0.717, 1.165) is 10.9 Å². The first-order valence-electron chi connectivity index (χ1n) is 9.21. The van der Waals surface area contributed by atoms with Crippen molar-refractivity contribution in [1.82, 2.24) is 14.9 Å². The second kappa shape index (κ2) is 7.94. The zero-order valence-electron chi connectivity index (χ0n) is 16.3. The van der Waals surface area contributed by atoms with E-state index >= 15 is 0 Å². The average molecular weight is 422 g/mol. The lowest BCUT2D eigenvalue weighted by Crippen LogP contribution is -2.53. The van der Waals surface area contributed by atoms with Crippen molar-refractivity contribution < 1.29 is 27.9 Å². The number of nitrogens with zero attached hydrogens (tertiary/aromatic N) is 2. The van der Waals surface area contributed by atoms with Gasteiger partial charge in [0.25, 0.3) is 5.91 Å². The number of primary amides is 1. The minimum absolute atomic E-state index is 0.268. The number of hydrogen-bond acceptors (Lipinski definition) is 4. The molecule has 10 heteroatoms. The quantitative estimate of drug-likeness (QED) is 0.566. The monoisotopic (exact) mass is 422 g/mol. The molecule has 0 bridgehead atoms. The van der Waals surface area contributed by atoms with Crippen molar-refractivity contribution in [1.29, 1.82) is 0 Å². The Kier molecular flexibility index (Phi) is 5.71. The van der Waals surface area contributed by atoms with Gasteiger partial charge < -0.3 is 20.7 Å². The molecule has 0 saturated carbocycles. The Balaban J connectivity index is 1.84. The summed E-state index contributed by atoms with van der Waals surface area (Å²) >= 11 is 0. The van der Waals surface area contributed by atoms with Gasteiger partial charge in [0.2, 0.25) is 5.91 Å². The summed E-state index contributed by atoms with van der Waals surface area (Å²) < 4.78 is 40.0. The normalized spacial score (nSPS) is 14.2. The highest BCUT2D eigenvalue weighted by atomic mass is 19.4. The fourth-order valence-corrected chi connectivity index (χ4v) is 3.35. The van der Waals surface area contributed by atoms with Crippen LogP contribution in [0.3, 0.4) is 0 Å². The molecule has 1 aromatic rings. The van der Waals surface area contributed by atoms with Gasteiger partial charge >= 0.3 is 6.18 Å². The number of amides is 2. The van der Waals surface area contributed by atoms with Gasteiger partial charge in [0, 0.05) is 23.3 Å². The van der Waals surface area contributed by atoms with Crippen LogP contribution in [0, 0.1) is 5.92 Å². The number of carbonyl (C=O) groups is 2. The number of pyridine rings is 1. The van der Waals surface area contributed by atoms with Gasteiger partial charge in [0.05, 0.1) is 22.8 Å². The summed E-state index contributed by atoms with van der Waals surface area (Å²) in [5.74, 6) is -1.93. The lowest BCUT2D eigenvalue weighted by molar-refractivity contribution is -0.215. The number of alkyl halides is 3. The van der Waals surface area contributed by atoms with Gasteiger partial charge in [-0.2, -0.15) is 13.2 Å². The van der Waals surface area contributed by atoms with E-state index in [1.807, 2.05) is 0 Å². The van der Waals surface area contributed by atoms with Crippen LogP contribution in [-0.4, -0.2) is 44.8 Å². The second-order valence-corrected chi connectivity index (χ2v) is 7.42. The minimum atomic E-state index is -4.84. The highest BCUT2D eigenvalue weighted by Gasteiger charge is 2.45. The summed E-state index contributed by atoms with van der Waals surface area (Å²) in [5.41, 5.74) is 7.35. The van der Waals surface area contributed by atoms with Crippen LogP contribution in [0.2, 0.25) is 0 Å². The van der Waals surface area contributed by atoms with Gasteiger partial charge in [-0.15, -0.1) is 0 Å². The van der Waals surface area contributed by atoms with Crippen molar-refractivity contribution >= 4 is 22.7 Å². The van der Waals surface area contributed by atoms with Crippen LogP contribution in [0.5, 0.6) is 0 Å². The van der Waals surface area contributed by atoms with Crippen molar-refractivity contribution in [3.05, 3.63) is 42.2 Å². The van der Waals surface area contributed by atoms with Crippen molar-refractivity contribution in [3.63, 3.8) is 0 Å². The van der Waals surface area contributed by atoms with Gasteiger partial charge in [-0.25, -0.2) is 4.98 Å². The van der Waals surface area contributed by atoms with Gasteiger partial charge in [-0.1, -0.05) is 26.0 Å². The fraction of sp³-hybridized carbons (Fsp3) is 0.350. The number of aliphatic hydroxyl groups is 1. The third-order valence-corrected chi connectivity index (χ3v) is 4.87. The SMILES string of the molecule is CC(C)C(NC(=O)Cn1ccc2c3cccc(C(N)=O)c3nc-2c1)C(O)C(F)(F)F. The van der Waals surface area contributed by atoms with Crippen molar-refractivity contribution in [2.75, 3.05) is 0 Å². The van der Waals surface area contributed by atoms with E-state index in [1.165, 1.54) is 18.4 Å². The molecule has 2 amide bonds. The molecule has 2 aliphatic heterocycles. The number of nitrogens with one attached hydrogen (secondary N) is 1. The smallest absolute Gasteiger partial charge is 0.382 e. The molecule has 30 heavy (non-hydrogen) atoms. The first-order valence-corrected chi connectivity index (χ1v) is 9.21. The van der Waals surface area contributed by atoms with Crippen molar-refractivity contribution in [3.8, 4) is 11.3 Å². The van der Waals surface area contributed by atoms with E-state index in [4.69, 9.17) is 5.73 Å². The number of carbonyl (C=O) groups excluding carboxylic acids is 2. The first-order chi connectivity index (χ1) is 14.0. The molecule has 0 radical (unpaired) electrons. The topological polar surface area (TPSA) is 110 Å². The van der Waals surface area contributed by atoms with Crippen LogP contribution in [0.25, 0.3) is 22.2 Å². The Bertz CT molecular complexity index is 1060. The number of nitrogens with two attached hydrogens (primary N) is 1. The summed E-state index contributed by atoms with van der Waals surface area (Å²) in [6.45, 7) is 2.69. The molecule has 1 aromatic carbocycles. The number of hydrogen-bond donors (Lipinski definition) is 3. The lowest BCUT2D eigenvalue weighted by Gasteiger charge is -2.29. The van der Waals surface area contributed by atoms with Crippen LogP contribution in [-0.2, 0) is 11.3 Å². The number of para-hydroxylation sites is 1.